The summed E-state index contributed by atoms with van der Waals surface area (Å²) in [4.78, 5) is 0. The van der Waals surface area contributed by atoms with E-state index >= 15 is 0 Å². The lowest BCUT2D eigenvalue weighted by atomic mass is 9.73. The normalized spacial score (nSPS) is 29.1. The second-order valence-electron chi connectivity index (χ2n) is 13.2. The molecule has 2 aliphatic heterocycles. The van der Waals surface area contributed by atoms with Gasteiger partial charge in [-0.15, -0.1) is 0 Å². The lowest BCUT2D eigenvalue weighted by Crippen LogP contribution is -2.24. The minimum Gasteiger partial charge on any atom is -0.376 e. The molecular weight excluding hydrogens is 336 g/mol. The zero-order chi connectivity index (χ0) is 20.7. The van der Waals surface area contributed by atoms with Crippen molar-refractivity contribution in [3.05, 3.63) is 0 Å². The highest BCUT2D eigenvalue weighted by molar-refractivity contribution is 4.93. The first-order valence-electron chi connectivity index (χ1n) is 10.9. The van der Waals surface area contributed by atoms with Gasteiger partial charge in [-0.05, 0) is 47.3 Å². The van der Waals surface area contributed by atoms with Crippen molar-refractivity contribution >= 4 is 0 Å². The molecule has 0 radical (unpaired) electrons. The summed E-state index contributed by atoms with van der Waals surface area (Å²) in [6, 6.07) is 0. The van der Waals surface area contributed by atoms with Crippen LogP contribution < -0.4 is 0 Å². The molecule has 0 N–H and O–H groups in total. The number of hydrogen-bond donors (Lipinski definition) is 0. The van der Waals surface area contributed by atoms with Crippen molar-refractivity contribution in [1.29, 1.82) is 0 Å². The predicted octanol–water partition coefficient (Wildman–Crippen LogP) is 6.24. The third-order valence-corrected chi connectivity index (χ3v) is 5.46. The minimum absolute atomic E-state index is 0.291. The van der Waals surface area contributed by atoms with Gasteiger partial charge in [-0.2, -0.15) is 0 Å². The summed E-state index contributed by atoms with van der Waals surface area (Å²) in [7, 11) is 0. The Bertz CT molecular complexity index is 437. The molecule has 2 aliphatic rings. The summed E-state index contributed by atoms with van der Waals surface area (Å²) < 4.78 is 17.7. The van der Waals surface area contributed by atoms with E-state index in [-0.39, 0.29) is 0 Å². The van der Waals surface area contributed by atoms with Crippen LogP contribution in [0, 0.1) is 21.7 Å². The summed E-state index contributed by atoms with van der Waals surface area (Å²) in [5.41, 5.74) is 1.37. The van der Waals surface area contributed by atoms with E-state index < -0.39 is 0 Å². The Hall–Kier alpha value is -0.120. The fourth-order valence-electron chi connectivity index (χ4n) is 5.42. The van der Waals surface area contributed by atoms with Crippen molar-refractivity contribution in [2.24, 2.45) is 21.7 Å². The Morgan fingerprint density at radius 3 is 1.19 bits per heavy atom. The van der Waals surface area contributed by atoms with Gasteiger partial charge in [0.2, 0.25) is 0 Å². The molecule has 0 aliphatic carbocycles. The molecule has 3 nitrogen and oxygen atoms in total. The first-order valence-corrected chi connectivity index (χ1v) is 10.9. The van der Waals surface area contributed by atoms with E-state index in [0.717, 1.165) is 12.8 Å². The van der Waals surface area contributed by atoms with E-state index in [2.05, 4.69) is 69.2 Å². The molecule has 4 atom stereocenters. The van der Waals surface area contributed by atoms with Gasteiger partial charge in [0.1, 0.15) is 12.2 Å². The molecule has 0 aromatic heterocycles. The maximum absolute atomic E-state index is 5.92. The lowest BCUT2D eigenvalue weighted by Gasteiger charge is -2.32. The number of ether oxygens (including phenoxy) is 3. The maximum Gasteiger partial charge on any atom is 0.107 e. The first kappa shape index (κ1) is 23.2. The fourth-order valence-corrected chi connectivity index (χ4v) is 5.42. The molecule has 2 rings (SSSR count). The van der Waals surface area contributed by atoms with Gasteiger partial charge in [0, 0.05) is 0 Å². The highest BCUT2D eigenvalue weighted by Gasteiger charge is 2.45. The molecule has 0 aromatic rings. The van der Waals surface area contributed by atoms with Crippen LogP contribution in [0.25, 0.3) is 0 Å². The van der Waals surface area contributed by atoms with Gasteiger partial charge in [0.25, 0.3) is 0 Å². The fraction of sp³-hybridized carbons (Fsp3) is 1.00. The van der Waals surface area contributed by atoms with Gasteiger partial charge in [0.05, 0.1) is 25.4 Å². The van der Waals surface area contributed by atoms with E-state index in [4.69, 9.17) is 14.2 Å². The molecule has 27 heavy (non-hydrogen) atoms. The molecular formula is C24H46O3. The molecule has 0 amide bonds. The van der Waals surface area contributed by atoms with Gasteiger partial charge >= 0.3 is 0 Å². The maximum atomic E-state index is 5.92. The van der Waals surface area contributed by atoms with Crippen molar-refractivity contribution in [3.63, 3.8) is 0 Å². The van der Waals surface area contributed by atoms with Crippen LogP contribution >= 0.6 is 0 Å². The van der Waals surface area contributed by atoms with E-state index in [9.17, 15) is 0 Å². The van der Waals surface area contributed by atoms with Crippen LogP contribution in [0.4, 0.5) is 0 Å². The SMILES string of the molecule is CC(C)(C)CC(C)(C)CC1OC1COCC1OC1CC(C)(C)CC(C)(C)C. The summed E-state index contributed by atoms with van der Waals surface area (Å²) in [6.07, 6.45) is 6.03. The van der Waals surface area contributed by atoms with Gasteiger partial charge in [-0.1, -0.05) is 69.2 Å². The molecule has 0 bridgehead atoms. The molecule has 160 valence electrons. The number of rotatable bonds is 10. The standard InChI is InChI=1S/C24H46O3/c1-21(2,3)15-23(7,8)11-17-19(26-17)13-25-14-20-18(27-20)12-24(9,10)16-22(4,5)6/h17-20H,11-16H2,1-10H3. The molecule has 0 spiro atoms. The van der Waals surface area contributed by atoms with Gasteiger partial charge in [-0.3, -0.25) is 0 Å². The summed E-state index contributed by atoms with van der Waals surface area (Å²) in [5.74, 6) is 0. The Morgan fingerprint density at radius 1 is 0.556 bits per heavy atom. The Kier molecular flexibility index (Phi) is 6.82. The summed E-state index contributed by atoms with van der Waals surface area (Å²) in [5, 5.41) is 0. The van der Waals surface area contributed by atoms with Crippen LogP contribution in [-0.2, 0) is 14.2 Å². The van der Waals surface area contributed by atoms with Crippen LogP contribution in [0.2, 0.25) is 0 Å². The van der Waals surface area contributed by atoms with Crippen LogP contribution in [-0.4, -0.2) is 37.6 Å². The monoisotopic (exact) mass is 382 g/mol. The Balaban J connectivity index is 1.59. The van der Waals surface area contributed by atoms with Crippen LogP contribution in [0.15, 0.2) is 0 Å². The van der Waals surface area contributed by atoms with Crippen molar-refractivity contribution in [1.82, 2.24) is 0 Å². The van der Waals surface area contributed by atoms with Crippen molar-refractivity contribution in [2.75, 3.05) is 13.2 Å². The van der Waals surface area contributed by atoms with Crippen molar-refractivity contribution in [3.8, 4) is 0 Å². The van der Waals surface area contributed by atoms with E-state index in [1.54, 1.807) is 0 Å². The third kappa shape index (κ3) is 9.28. The molecule has 0 aromatic carbocycles. The second kappa shape index (κ2) is 7.95. The summed E-state index contributed by atoms with van der Waals surface area (Å²) in [6.45, 7) is 24.8. The first-order chi connectivity index (χ1) is 12.1. The quantitative estimate of drug-likeness (QED) is 0.419. The molecule has 2 fully saturated rings. The van der Waals surface area contributed by atoms with E-state index in [1.165, 1.54) is 12.8 Å². The molecule has 2 heterocycles. The number of epoxide rings is 2. The molecule has 4 unspecified atom stereocenters. The average Bonchev–Trinajstić information content (AvgIpc) is 3.23. The number of hydrogen-bond acceptors (Lipinski definition) is 3. The van der Waals surface area contributed by atoms with Gasteiger partial charge in [0.15, 0.2) is 0 Å². The van der Waals surface area contributed by atoms with Gasteiger partial charge < -0.3 is 14.2 Å². The predicted molar refractivity (Wildman–Crippen MR) is 113 cm³/mol. The van der Waals surface area contributed by atoms with Crippen LogP contribution in [0.3, 0.4) is 0 Å². The zero-order valence-corrected chi connectivity index (χ0v) is 19.8. The average molecular weight is 383 g/mol. The van der Waals surface area contributed by atoms with Crippen molar-refractivity contribution < 1.29 is 14.2 Å². The smallest absolute Gasteiger partial charge is 0.107 e. The highest BCUT2D eigenvalue weighted by atomic mass is 16.6. The van der Waals surface area contributed by atoms with Gasteiger partial charge in [-0.25, -0.2) is 0 Å². The summed E-state index contributed by atoms with van der Waals surface area (Å²) >= 11 is 0. The highest BCUT2D eigenvalue weighted by Crippen LogP contribution is 2.43. The Morgan fingerprint density at radius 2 is 0.889 bits per heavy atom. The molecule has 2 saturated heterocycles. The van der Waals surface area contributed by atoms with E-state index in [1.807, 2.05) is 0 Å². The third-order valence-electron chi connectivity index (χ3n) is 5.46. The minimum atomic E-state index is 0.291. The van der Waals surface area contributed by atoms with Crippen molar-refractivity contribution in [2.45, 2.75) is 119 Å². The van der Waals surface area contributed by atoms with E-state index in [0.29, 0.717) is 59.3 Å². The topological polar surface area (TPSA) is 34.3 Å². The lowest BCUT2D eigenvalue weighted by molar-refractivity contribution is 0.101. The molecule has 3 heteroatoms. The Labute approximate surface area is 168 Å². The van der Waals surface area contributed by atoms with Crippen LogP contribution in [0.1, 0.15) is 94.9 Å². The zero-order valence-electron chi connectivity index (χ0n) is 19.8. The second-order valence-corrected chi connectivity index (χ2v) is 13.2. The largest absolute Gasteiger partial charge is 0.376 e. The molecule has 0 saturated carbocycles. The van der Waals surface area contributed by atoms with Crippen LogP contribution in [0.5, 0.6) is 0 Å².